The highest BCUT2D eigenvalue weighted by molar-refractivity contribution is 9.10. The molecule has 0 saturated heterocycles. The number of rotatable bonds is 3. The molecule has 1 aromatic carbocycles. The minimum absolute atomic E-state index is 0.138. The van der Waals surface area contributed by atoms with Gasteiger partial charge in [0.15, 0.2) is 0 Å². The van der Waals surface area contributed by atoms with E-state index in [0.717, 1.165) is 22.3 Å². The molecule has 1 aromatic rings. The number of hydrogen-bond donors (Lipinski definition) is 1. The van der Waals surface area contributed by atoms with Crippen LogP contribution < -0.4 is 5.73 Å². The van der Waals surface area contributed by atoms with Gasteiger partial charge in [-0.1, -0.05) is 33.6 Å². The predicted molar refractivity (Wildman–Crippen MR) is 63.6 cm³/mol. The Morgan fingerprint density at radius 3 is 2.71 bits per heavy atom. The first-order valence-electron chi connectivity index (χ1n) is 4.82. The lowest BCUT2D eigenvalue weighted by atomic mass is 10.0. The molecular weight excluding hydrogens is 261 g/mol. The molecule has 0 amide bonds. The molecule has 0 heterocycles. The molecule has 76 valence electrons. The van der Waals surface area contributed by atoms with Crippen molar-refractivity contribution in [3.05, 3.63) is 33.3 Å². The zero-order valence-corrected chi connectivity index (χ0v) is 10.2. The molecule has 1 fully saturated rings. The fraction of sp³-hybridized carbons (Fsp3) is 0.455. The first kappa shape index (κ1) is 10.5. The Bertz CT molecular complexity index is 347. The molecule has 0 aromatic heterocycles. The van der Waals surface area contributed by atoms with E-state index in [0.29, 0.717) is 0 Å². The highest BCUT2D eigenvalue weighted by Gasteiger charge is 2.37. The van der Waals surface area contributed by atoms with Crippen molar-refractivity contribution in [2.75, 3.05) is 0 Å². The van der Waals surface area contributed by atoms with E-state index < -0.39 is 0 Å². The van der Waals surface area contributed by atoms with Crippen molar-refractivity contribution >= 4 is 27.5 Å². The predicted octanol–water partition coefficient (Wildman–Crippen LogP) is 3.53. The number of nitrogens with two attached hydrogens (primary N) is 1. The third-order valence-corrected chi connectivity index (χ3v) is 3.77. The summed E-state index contributed by atoms with van der Waals surface area (Å²) >= 11 is 9.37. The van der Waals surface area contributed by atoms with Crippen molar-refractivity contribution < 1.29 is 0 Å². The van der Waals surface area contributed by atoms with Gasteiger partial charge in [0, 0.05) is 15.0 Å². The largest absolute Gasteiger partial charge is 0.325 e. The second-order valence-electron chi connectivity index (χ2n) is 4.10. The summed E-state index contributed by atoms with van der Waals surface area (Å²) in [5.41, 5.74) is 7.47. The van der Waals surface area contributed by atoms with Crippen molar-refractivity contribution in [2.45, 2.75) is 31.2 Å². The van der Waals surface area contributed by atoms with Crippen LogP contribution in [0.15, 0.2) is 22.7 Å². The standard InChI is InChI=1S/C11H13BrClN/c12-10-7-9(13)2-1-8(10)3-4-11(14)5-6-11/h1-2,7H,3-6,14H2. The molecule has 0 spiro atoms. The molecule has 2 rings (SSSR count). The van der Waals surface area contributed by atoms with E-state index in [4.69, 9.17) is 17.3 Å². The molecule has 0 bridgehead atoms. The van der Waals surface area contributed by atoms with Gasteiger partial charge in [0.2, 0.25) is 0 Å². The first-order valence-corrected chi connectivity index (χ1v) is 5.99. The summed E-state index contributed by atoms with van der Waals surface area (Å²) in [6.45, 7) is 0. The van der Waals surface area contributed by atoms with Gasteiger partial charge < -0.3 is 5.73 Å². The van der Waals surface area contributed by atoms with E-state index in [2.05, 4.69) is 22.0 Å². The van der Waals surface area contributed by atoms with Crippen LogP contribution in [0.3, 0.4) is 0 Å². The van der Waals surface area contributed by atoms with Crippen LogP contribution in [0.25, 0.3) is 0 Å². The molecule has 2 N–H and O–H groups in total. The summed E-state index contributed by atoms with van der Waals surface area (Å²) in [5, 5.41) is 0.773. The molecule has 0 atom stereocenters. The summed E-state index contributed by atoms with van der Waals surface area (Å²) < 4.78 is 1.09. The van der Waals surface area contributed by atoms with E-state index in [1.54, 1.807) is 0 Å². The van der Waals surface area contributed by atoms with Crippen molar-refractivity contribution in [3.8, 4) is 0 Å². The number of benzene rings is 1. The molecule has 1 aliphatic carbocycles. The monoisotopic (exact) mass is 273 g/mol. The maximum atomic E-state index is 6.03. The summed E-state index contributed by atoms with van der Waals surface area (Å²) in [7, 11) is 0. The van der Waals surface area contributed by atoms with Crippen molar-refractivity contribution in [1.29, 1.82) is 0 Å². The quantitative estimate of drug-likeness (QED) is 0.896. The van der Waals surface area contributed by atoms with Gasteiger partial charge in [-0.15, -0.1) is 0 Å². The van der Waals surface area contributed by atoms with Gasteiger partial charge in [-0.25, -0.2) is 0 Å². The van der Waals surface area contributed by atoms with Gasteiger partial charge in [-0.2, -0.15) is 0 Å². The Balaban J connectivity index is 2.02. The third-order valence-electron chi connectivity index (χ3n) is 2.80. The Labute approximate surface area is 97.8 Å². The van der Waals surface area contributed by atoms with Crippen LogP contribution in [0, 0.1) is 0 Å². The maximum Gasteiger partial charge on any atom is 0.0417 e. The maximum absolute atomic E-state index is 6.03. The molecule has 0 radical (unpaired) electrons. The highest BCUT2D eigenvalue weighted by atomic mass is 79.9. The highest BCUT2D eigenvalue weighted by Crippen LogP contribution is 2.37. The molecule has 0 aliphatic heterocycles. The molecule has 1 saturated carbocycles. The molecular formula is C11H13BrClN. The topological polar surface area (TPSA) is 26.0 Å². The second-order valence-corrected chi connectivity index (χ2v) is 5.39. The molecule has 0 unspecified atom stereocenters. The fourth-order valence-corrected chi connectivity index (χ4v) is 2.40. The lowest BCUT2D eigenvalue weighted by molar-refractivity contribution is 0.608. The normalized spacial score (nSPS) is 18.2. The molecule has 1 aliphatic rings. The summed E-state index contributed by atoms with van der Waals surface area (Å²) in [4.78, 5) is 0. The number of aryl methyl sites for hydroxylation is 1. The smallest absolute Gasteiger partial charge is 0.0417 e. The van der Waals surface area contributed by atoms with Crippen LogP contribution in [0.2, 0.25) is 5.02 Å². The van der Waals surface area contributed by atoms with Crippen molar-refractivity contribution in [2.24, 2.45) is 5.73 Å². The van der Waals surface area contributed by atoms with Gasteiger partial charge >= 0.3 is 0 Å². The average molecular weight is 275 g/mol. The molecule has 3 heteroatoms. The lowest BCUT2D eigenvalue weighted by Crippen LogP contribution is -2.22. The summed E-state index contributed by atoms with van der Waals surface area (Å²) in [5.74, 6) is 0. The second kappa shape index (κ2) is 3.84. The van der Waals surface area contributed by atoms with Gasteiger partial charge in [0.1, 0.15) is 0 Å². The lowest BCUT2D eigenvalue weighted by Gasteiger charge is -2.09. The van der Waals surface area contributed by atoms with E-state index in [1.807, 2.05) is 12.1 Å². The average Bonchev–Trinajstić information content (AvgIpc) is 2.83. The van der Waals surface area contributed by atoms with Gasteiger partial charge in [0.05, 0.1) is 0 Å². The van der Waals surface area contributed by atoms with Crippen LogP contribution in [0.4, 0.5) is 0 Å². The minimum Gasteiger partial charge on any atom is -0.325 e. The number of halogens is 2. The van der Waals surface area contributed by atoms with E-state index in [9.17, 15) is 0 Å². The first-order chi connectivity index (χ1) is 6.59. The van der Waals surface area contributed by atoms with E-state index in [-0.39, 0.29) is 5.54 Å². The zero-order chi connectivity index (χ0) is 10.2. The van der Waals surface area contributed by atoms with Gasteiger partial charge in [0.25, 0.3) is 0 Å². The third kappa shape index (κ3) is 2.50. The Hall–Kier alpha value is -0.0500. The van der Waals surface area contributed by atoms with Gasteiger partial charge in [-0.3, -0.25) is 0 Å². The molecule has 14 heavy (non-hydrogen) atoms. The van der Waals surface area contributed by atoms with Crippen LogP contribution >= 0.6 is 27.5 Å². The Morgan fingerprint density at radius 1 is 1.43 bits per heavy atom. The Kier molecular flexibility index (Phi) is 2.87. The SMILES string of the molecule is NC1(CCc2ccc(Cl)cc2Br)CC1. The summed E-state index contributed by atoms with van der Waals surface area (Å²) in [6, 6.07) is 5.93. The summed E-state index contributed by atoms with van der Waals surface area (Å²) in [6.07, 6.45) is 4.47. The zero-order valence-electron chi connectivity index (χ0n) is 7.89. The van der Waals surface area contributed by atoms with E-state index >= 15 is 0 Å². The van der Waals surface area contributed by atoms with Crippen LogP contribution in [-0.2, 0) is 6.42 Å². The molecule has 1 nitrogen and oxygen atoms in total. The van der Waals surface area contributed by atoms with Crippen LogP contribution in [0.1, 0.15) is 24.8 Å². The minimum atomic E-state index is 0.138. The fourth-order valence-electron chi connectivity index (χ4n) is 1.52. The van der Waals surface area contributed by atoms with Crippen LogP contribution in [-0.4, -0.2) is 5.54 Å². The van der Waals surface area contributed by atoms with E-state index in [1.165, 1.54) is 18.4 Å². The van der Waals surface area contributed by atoms with Crippen LogP contribution in [0.5, 0.6) is 0 Å². The van der Waals surface area contributed by atoms with Gasteiger partial charge in [-0.05, 0) is 43.4 Å². The Morgan fingerprint density at radius 2 is 2.14 bits per heavy atom. The van der Waals surface area contributed by atoms with Crippen molar-refractivity contribution in [3.63, 3.8) is 0 Å². The van der Waals surface area contributed by atoms with Crippen molar-refractivity contribution in [1.82, 2.24) is 0 Å². The number of hydrogen-bond acceptors (Lipinski definition) is 1.